The van der Waals surface area contributed by atoms with E-state index in [0.29, 0.717) is 12.2 Å². The van der Waals surface area contributed by atoms with Gasteiger partial charge in [-0.25, -0.2) is 4.79 Å². The molecule has 0 spiro atoms. The van der Waals surface area contributed by atoms with Crippen LogP contribution >= 0.6 is 0 Å². The standard InChI is InChI=1S/C21H24N4O3/c1-13(2)23-21(28)25-17-11-24(20(27)15-8-5-6-10-22-15)16-9-4-3-7-14(16)19(17)18(25)12-26/h3-10,13,17-19,26H,11-12H2,1-2H3,(H,23,28)/t17-,18+,19+/m0/s1. The molecule has 3 heterocycles. The molecular weight excluding hydrogens is 356 g/mol. The van der Waals surface area contributed by atoms with Gasteiger partial charge in [-0.05, 0) is 37.6 Å². The Hall–Kier alpha value is -2.93. The van der Waals surface area contributed by atoms with Crippen LogP contribution in [0.5, 0.6) is 0 Å². The number of para-hydroxylation sites is 1. The first-order valence-corrected chi connectivity index (χ1v) is 9.54. The van der Waals surface area contributed by atoms with Crippen LogP contribution in [0, 0.1) is 0 Å². The van der Waals surface area contributed by atoms with E-state index in [2.05, 4.69) is 10.3 Å². The van der Waals surface area contributed by atoms with Crippen molar-refractivity contribution >= 4 is 17.6 Å². The molecule has 7 heteroatoms. The number of carbonyl (C=O) groups is 2. The van der Waals surface area contributed by atoms with Crippen LogP contribution in [0.2, 0.25) is 0 Å². The Kier molecular flexibility index (Phi) is 4.77. The van der Waals surface area contributed by atoms with Crippen molar-refractivity contribution < 1.29 is 14.7 Å². The van der Waals surface area contributed by atoms with Gasteiger partial charge in [-0.2, -0.15) is 0 Å². The van der Waals surface area contributed by atoms with Crippen molar-refractivity contribution in [3.05, 3.63) is 59.9 Å². The molecule has 2 N–H and O–H groups in total. The van der Waals surface area contributed by atoms with Gasteiger partial charge in [-0.1, -0.05) is 24.3 Å². The molecule has 0 saturated carbocycles. The fourth-order valence-corrected chi connectivity index (χ4v) is 4.31. The lowest BCUT2D eigenvalue weighted by Crippen LogP contribution is -2.72. The summed E-state index contributed by atoms with van der Waals surface area (Å²) >= 11 is 0. The lowest BCUT2D eigenvalue weighted by Gasteiger charge is -2.58. The van der Waals surface area contributed by atoms with Gasteiger partial charge in [0.15, 0.2) is 0 Å². The highest BCUT2D eigenvalue weighted by Crippen LogP contribution is 2.48. The third kappa shape index (κ3) is 2.92. The largest absolute Gasteiger partial charge is 0.394 e. The molecule has 1 aromatic heterocycles. The van der Waals surface area contributed by atoms with Crippen molar-refractivity contribution in [2.75, 3.05) is 18.1 Å². The predicted molar refractivity (Wildman–Crippen MR) is 105 cm³/mol. The number of nitrogens with zero attached hydrogens (tertiary/aromatic N) is 3. The number of benzene rings is 1. The Bertz CT molecular complexity index is 886. The molecule has 146 valence electrons. The van der Waals surface area contributed by atoms with Crippen molar-refractivity contribution in [1.29, 1.82) is 0 Å². The van der Waals surface area contributed by atoms with Crippen molar-refractivity contribution in [2.24, 2.45) is 0 Å². The topological polar surface area (TPSA) is 85.8 Å². The number of pyridine rings is 1. The minimum atomic E-state index is -0.294. The lowest BCUT2D eigenvalue weighted by atomic mass is 9.72. The summed E-state index contributed by atoms with van der Waals surface area (Å²) in [5.74, 6) is -0.185. The number of amides is 3. The molecule has 7 nitrogen and oxygen atoms in total. The normalized spacial score (nSPS) is 22.9. The van der Waals surface area contributed by atoms with Crippen LogP contribution in [-0.2, 0) is 0 Å². The number of anilines is 1. The summed E-state index contributed by atoms with van der Waals surface area (Å²) < 4.78 is 0. The van der Waals surface area contributed by atoms with E-state index in [-0.39, 0.29) is 42.6 Å². The maximum absolute atomic E-state index is 13.1. The average Bonchev–Trinajstić information content (AvgIpc) is 2.68. The quantitative estimate of drug-likeness (QED) is 0.853. The zero-order chi connectivity index (χ0) is 19.8. The van der Waals surface area contributed by atoms with Gasteiger partial charge in [-0.3, -0.25) is 9.78 Å². The van der Waals surface area contributed by atoms with Crippen molar-refractivity contribution in [3.63, 3.8) is 0 Å². The van der Waals surface area contributed by atoms with Crippen LogP contribution in [-0.4, -0.2) is 58.2 Å². The first-order valence-electron chi connectivity index (χ1n) is 9.54. The third-order valence-electron chi connectivity index (χ3n) is 5.46. The van der Waals surface area contributed by atoms with Crippen molar-refractivity contribution in [3.8, 4) is 0 Å². The molecule has 2 aliphatic rings. The number of hydrogen-bond acceptors (Lipinski definition) is 4. The summed E-state index contributed by atoms with van der Waals surface area (Å²) in [6.07, 6.45) is 1.60. The van der Waals surface area contributed by atoms with E-state index < -0.39 is 0 Å². The summed E-state index contributed by atoms with van der Waals surface area (Å²) in [4.78, 5) is 33.4. The molecule has 1 aromatic carbocycles. The van der Waals surface area contributed by atoms with E-state index in [1.165, 1.54) is 0 Å². The van der Waals surface area contributed by atoms with Gasteiger partial charge < -0.3 is 20.2 Å². The Morgan fingerprint density at radius 3 is 2.64 bits per heavy atom. The van der Waals surface area contributed by atoms with Gasteiger partial charge >= 0.3 is 6.03 Å². The van der Waals surface area contributed by atoms with Crippen molar-refractivity contribution in [2.45, 2.75) is 37.9 Å². The van der Waals surface area contributed by atoms with Gasteiger partial charge in [-0.15, -0.1) is 0 Å². The Morgan fingerprint density at radius 1 is 1.21 bits per heavy atom. The number of likely N-dealkylation sites (tertiary alicyclic amines) is 1. The lowest BCUT2D eigenvalue weighted by molar-refractivity contribution is -0.00817. The number of aliphatic hydroxyl groups excluding tert-OH is 1. The zero-order valence-corrected chi connectivity index (χ0v) is 15.9. The number of nitrogens with one attached hydrogen (secondary N) is 1. The van der Waals surface area contributed by atoms with Crippen LogP contribution in [0.25, 0.3) is 0 Å². The molecule has 4 rings (SSSR count). The summed E-state index contributed by atoms with van der Waals surface area (Å²) in [7, 11) is 0. The smallest absolute Gasteiger partial charge is 0.318 e. The summed E-state index contributed by atoms with van der Waals surface area (Å²) in [6.45, 7) is 4.06. The highest BCUT2D eigenvalue weighted by Gasteiger charge is 2.55. The van der Waals surface area contributed by atoms with E-state index in [9.17, 15) is 14.7 Å². The Labute approximate surface area is 164 Å². The number of rotatable bonds is 3. The minimum absolute atomic E-state index is 0.00638. The maximum Gasteiger partial charge on any atom is 0.318 e. The highest BCUT2D eigenvalue weighted by molar-refractivity contribution is 6.06. The number of aromatic nitrogens is 1. The van der Waals surface area contributed by atoms with Crippen molar-refractivity contribution in [1.82, 2.24) is 15.2 Å². The summed E-state index contributed by atoms with van der Waals surface area (Å²) in [5, 5.41) is 12.8. The zero-order valence-electron chi connectivity index (χ0n) is 15.9. The Morgan fingerprint density at radius 2 is 1.96 bits per heavy atom. The number of hydrogen-bond donors (Lipinski definition) is 2. The van der Waals surface area contributed by atoms with Gasteiger partial charge in [0, 0.05) is 30.4 Å². The van der Waals surface area contributed by atoms with Gasteiger partial charge in [0.2, 0.25) is 0 Å². The van der Waals surface area contributed by atoms with E-state index >= 15 is 0 Å². The van der Waals surface area contributed by atoms with E-state index in [4.69, 9.17) is 0 Å². The molecule has 3 amide bonds. The van der Waals surface area contributed by atoms with E-state index in [1.807, 2.05) is 38.1 Å². The van der Waals surface area contributed by atoms with Gasteiger partial charge in [0.1, 0.15) is 5.69 Å². The van der Waals surface area contributed by atoms with Gasteiger partial charge in [0.05, 0.1) is 18.7 Å². The monoisotopic (exact) mass is 380 g/mol. The van der Waals surface area contributed by atoms with Crippen LogP contribution in [0.15, 0.2) is 48.7 Å². The highest BCUT2D eigenvalue weighted by atomic mass is 16.3. The summed E-state index contributed by atoms with van der Waals surface area (Å²) in [5.41, 5.74) is 2.17. The van der Waals surface area contributed by atoms with Crippen LogP contribution in [0.4, 0.5) is 10.5 Å². The van der Waals surface area contributed by atoms with Crippen LogP contribution in [0.3, 0.4) is 0 Å². The fraction of sp³-hybridized carbons (Fsp3) is 0.381. The second-order valence-electron chi connectivity index (χ2n) is 7.54. The number of carbonyl (C=O) groups excluding carboxylic acids is 2. The molecule has 2 aromatic rings. The first-order chi connectivity index (χ1) is 13.5. The first kappa shape index (κ1) is 18.4. The predicted octanol–water partition coefficient (Wildman–Crippen LogP) is 1.99. The second-order valence-corrected chi connectivity index (χ2v) is 7.54. The second kappa shape index (κ2) is 7.24. The SMILES string of the molecule is CC(C)NC(=O)N1[C@H](CO)[C@@H]2c3ccccc3N(C(=O)c3ccccn3)C[C@@H]21. The molecule has 1 saturated heterocycles. The fourth-order valence-electron chi connectivity index (χ4n) is 4.31. The molecular formula is C21H24N4O3. The average molecular weight is 380 g/mol. The molecule has 0 radical (unpaired) electrons. The molecule has 2 aliphatic heterocycles. The third-order valence-corrected chi connectivity index (χ3v) is 5.46. The maximum atomic E-state index is 13.1. The number of urea groups is 1. The molecule has 0 bridgehead atoms. The Balaban J connectivity index is 1.70. The molecule has 1 fully saturated rings. The van der Waals surface area contributed by atoms with E-state index in [1.54, 1.807) is 34.2 Å². The molecule has 0 aliphatic carbocycles. The van der Waals surface area contributed by atoms with Crippen LogP contribution in [0.1, 0.15) is 35.8 Å². The molecule has 3 atom stereocenters. The number of aliphatic hydroxyl groups is 1. The number of fused-ring (bicyclic) bond motifs is 3. The van der Waals surface area contributed by atoms with Gasteiger partial charge in [0.25, 0.3) is 5.91 Å². The minimum Gasteiger partial charge on any atom is -0.394 e. The van der Waals surface area contributed by atoms with E-state index in [0.717, 1.165) is 11.3 Å². The van der Waals surface area contributed by atoms with Crippen LogP contribution < -0.4 is 10.2 Å². The summed E-state index contributed by atoms with van der Waals surface area (Å²) in [6, 6.07) is 12.3. The molecule has 0 unspecified atom stereocenters. The molecule has 28 heavy (non-hydrogen) atoms.